The summed E-state index contributed by atoms with van der Waals surface area (Å²) in [6.45, 7) is 2.69. The third kappa shape index (κ3) is 7.40. The Kier molecular flexibility index (Phi) is 9.21. The standard InChI is InChI=1S/C16H25NO5/c1-17(2)15-6-4-14(5-7-15)16(18)22-13-12-21-11-10-20-9-8-19-3/h4-7H,8-13H2,1-3H3. The van der Waals surface area contributed by atoms with Crippen LogP contribution in [0, 0.1) is 0 Å². The molecule has 0 saturated carbocycles. The second kappa shape index (κ2) is 11.0. The van der Waals surface area contributed by atoms with Gasteiger partial charge in [-0.15, -0.1) is 0 Å². The van der Waals surface area contributed by atoms with Gasteiger partial charge in [0, 0.05) is 26.9 Å². The molecule has 0 amide bonds. The first-order valence-corrected chi connectivity index (χ1v) is 7.24. The van der Waals surface area contributed by atoms with Crippen molar-refractivity contribution in [3.8, 4) is 0 Å². The number of carbonyl (C=O) groups is 1. The van der Waals surface area contributed by atoms with Gasteiger partial charge in [0.2, 0.25) is 0 Å². The van der Waals surface area contributed by atoms with E-state index in [1.165, 1.54) is 0 Å². The van der Waals surface area contributed by atoms with Gasteiger partial charge in [-0.2, -0.15) is 0 Å². The average Bonchev–Trinajstić information content (AvgIpc) is 2.53. The van der Waals surface area contributed by atoms with Crippen molar-refractivity contribution < 1.29 is 23.7 Å². The van der Waals surface area contributed by atoms with Crippen LogP contribution in [0.1, 0.15) is 10.4 Å². The second-order valence-electron chi connectivity index (χ2n) is 4.79. The molecule has 0 aliphatic carbocycles. The van der Waals surface area contributed by atoms with Crippen LogP contribution in [0.5, 0.6) is 0 Å². The van der Waals surface area contributed by atoms with Gasteiger partial charge < -0.3 is 23.8 Å². The van der Waals surface area contributed by atoms with Gasteiger partial charge in [0.15, 0.2) is 0 Å². The monoisotopic (exact) mass is 311 g/mol. The molecule has 1 rings (SSSR count). The van der Waals surface area contributed by atoms with Crippen LogP contribution in [0.2, 0.25) is 0 Å². The summed E-state index contributed by atoms with van der Waals surface area (Å²) in [4.78, 5) is 13.8. The lowest BCUT2D eigenvalue weighted by atomic mass is 10.2. The molecule has 0 aliphatic heterocycles. The minimum Gasteiger partial charge on any atom is -0.460 e. The van der Waals surface area contributed by atoms with Crippen molar-refractivity contribution in [3.05, 3.63) is 29.8 Å². The first kappa shape index (κ1) is 18.4. The number of hydrogen-bond donors (Lipinski definition) is 0. The van der Waals surface area contributed by atoms with Crippen LogP contribution in [0.15, 0.2) is 24.3 Å². The molecule has 0 aromatic heterocycles. The van der Waals surface area contributed by atoms with E-state index in [4.69, 9.17) is 18.9 Å². The van der Waals surface area contributed by atoms with E-state index < -0.39 is 0 Å². The number of rotatable bonds is 11. The molecule has 124 valence electrons. The van der Waals surface area contributed by atoms with Gasteiger partial charge in [-0.3, -0.25) is 0 Å². The van der Waals surface area contributed by atoms with Crippen molar-refractivity contribution >= 4 is 11.7 Å². The van der Waals surface area contributed by atoms with E-state index in [0.717, 1.165) is 5.69 Å². The van der Waals surface area contributed by atoms with Crippen molar-refractivity contribution in [3.63, 3.8) is 0 Å². The Morgan fingerprint density at radius 1 is 0.909 bits per heavy atom. The van der Waals surface area contributed by atoms with E-state index >= 15 is 0 Å². The lowest BCUT2D eigenvalue weighted by molar-refractivity contribution is 0.00570. The Hall–Kier alpha value is -1.63. The zero-order chi connectivity index (χ0) is 16.2. The van der Waals surface area contributed by atoms with Crippen LogP contribution in [-0.2, 0) is 18.9 Å². The maximum Gasteiger partial charge on any atom is 0.338 e. The molecule has 0 spiro atoms. The summed E-state index contributed by atoms with van der Waals surface area (Å²) in [7, 11) is 5.52. The number of esters is 1. The van der Waals surface area contributed by atoms with E-state index in [-0.39, 0.29) is 12.6 Å². The lowest BCUT2D eigenvalue weighted by Gasteiger charge is -2.12. The predicted molar refractivity (Wildman–Crippen MR) is 84.6 cm³/mol. The number of anilines is 1. The molecule has 0 radical (unpaired) electrons. The summed E-state index contributed by atoms with van der Waals surface area (Å²) in [5.74, 6) is -0.342. The van der Waals surface area contributed by atoms with E-state index in [1.54, 1.807) is 19.2 Å². The van der Waals surface area contributed by atoms with E-state index in [0.29, 0.717) is 38.6 Å². The Morgan fingerprint density at radius 3 is 2.00 bits per heavy atom. The number of hydrogen-bond acceptors (Lipinski definition) is 6. The third-order valence-electron chi connectivity index (χ3n) is 2.88. The molecule has 22 heavy (non-hydrogen) atoms. The van der Waals surface area contributed by atoms with Gasteiger partial charge in [0.05, 0.1) is 38.6 Å². The molecule has 1 aromatic rings. The lowest BCUT2D eigenvalue weighted by Crippen LogP contribution is -2.14. The summed E-state index contributed by atoms with van der Waals surface area (Å²) >= 11 is 0. The van der Waals surface area contributed by atoms with Crippen molar-refractivity contribution in [2.24, 2.45) is 0 Å². The molecule has 0 N–H and O–H groups in total. The fraction of sp³-hybridized carbons (Fsp3) is 0.562. The van der Waals surface area contributed by atoms with E-state index in [1.807, 2.05) is 31.1 Å². The highest BCUT2D eigenvalue weighted by molar-refractivity contribution is 5.89. The summed E-state index contributed by atoms with van der Waals surface area (Å²) < 4.78 is 20.5. The maximum absolute atomic E-state index is 11.8. The van der Waals surface area contributed by atoms with Crippen LogP contribution in [0.4, 0.5) is 5.69 Å². The molecular weight excluding hydrogens is 286 g/mol. The zero-order valence-electron chi connectivity index (χ0n) is 13.5. The highest BCUT2D eigenvalue weighted by Crippen LogP contribution is 2.12. The molecule has 0 atom stereocenters. The van der Waals surface area contributed by atoms with Crippen LogP contribution < -0.4 is 4.90 Å². The first-order valence-electron chi connectivity index (χ1n) is 7.24. The normalized spacial score (nSPS) is 10.5. The topological polar surface area (TPSA) is 57.2 Å². The molecule has 0 bridgehead atoms. The van der Waals surface area contributed by atoms with Crippen LogP contribution in [-0.4, -0.2) is 66.8 Å². The zero-order valence-corrected chi connectivity index (χ0v) is 13.5. The van der Waals surface area contributed by atoms with E-state index in [2.05, 4.69) is 0 Å². The largest absolute Gasteiger partial charge is 0.460 e. The number of carbonyl (C=O) groups excluding carboxylic acids is 1. The molecule has 0 fully saturated rings. The number of ether oxygens (including phenoxy) is 4. The third-order valence-corrected chi connectivity index (χ3v) is 2.88. The highest BCUT2D eigenvalue weighted by Gasteiger charge is 2.07. The SMILES string of the molecule is COCCOCCOCCOC(=O)c1ccc(N(C)C)cc1. The van der Waals surface area contributed by atoms with Gasteiger partial charge in [-0.05, 0) is 24.3 Å². The van der Waals surface area contributed by atoms with Gasteiger partial charge in [-0.1, -0.05) is 0 Å². The Labute approximate surface area is 131 Å². The van der Waals surface area contributed by atoms with Crippen LogP contribution in [0.25, 0.3) is 0 Å². The second-order valence-corrected chi connectivity index (χ2v) is 4.79. The van der Waals surface area contributed by atoms with Crippen LogP contribution >= 0.6 is 0 Å². The van der Waals surface area contributed by atoms with Crippen molar-refractivity contribution in [2.75, 3.05) is 65.7 Å². The molecular formula is C16H25NO5. The highest BCUT2D eigenvalue weighted by atomic mass is 16.6. The summed E-state index contributed by atoms with van der Waals surface area (Å²) in [5.41, 5.74) is 1.57. The fourth-order valence-electron chi connectivity index (χ4n) is 1.64. The number of methoxy groups -OCH3 is 1. The molecule has 1 aromatic carbocycles. The minimum absolute atomic E-state index is 0.229. The predicted octanol–water partition coefficient (Wildman–Crippen LogP) is 1.59. The average molecular weight is 311 g/mol. The van der Waals surface area contributed by atoms with Crippen LogP contribution in [0.3, 0.4) is 0 Å². The Bertz CT molecular complexity index is 419. The Morgan fingerprint density at radius 2 is 1.45 bits per heavy atom. The van der Waals surface area contributed by atoms with Gasteiger partial charge in [0.1, 0.15) is 6.61 Å². The molecule has 6 nitrogen and oxygen atoms in total. The minimum atomic E-state index is -0.342. The molecule has 0 unspecified atom stereocenters. The molecule has 6 heteroatoms. The van der Waals surface area contributed by atoms with Gasteiger partial charge in [-0.25, -0.2) is 4.79 Å². The maximum atomic E-state index is 11.8. The first-order chi connectivity index (χ1) is 10.6. The Balaban J connectivity index is 2.10. The molecule has 0 aliphatic rings. The quantitative estimate of drug-likeness (QED) is 0.457. The van der Waals surface area contributed by atoms with Gasteiger partial charge >= 0.3 is 5.97 Å². The van der Waals surface area contributed by atoms with Gasteiger partial charge in [0.25, 0.3) is 0 Å². The number of benzene rings is 1. The van der Waals surface area contributed by atoms with Crippen molar-refractivity contribution in [2.45, 2.75) is 0 Å². The summed E-state index contributed by atoms with van der Waals surface area (Å²) in [5, 5.41) is 0. The molecule has 0 saturated heterocycles. The van der Waals surface area contributed by atoms with Crippen molar-refractivity contribution in [1.29, 1.82) is 0 Å². The van der Waals surface area contributed by atoms with E-state index in [9.17, 15) is 4.79 Å². The summed E-state index contributed by atoms with van der Waals surface area (Å²) in [6.07, 6.45) is 0. The molecule has 0 heterocycles. The fourth-order valence-corrected chi connectivity index (χ4v) is 1.64. The van der Waals surface area contributed by atoms with Crippen molar-refractivity contribution in [1.82, 2.24) is 0 Å². The smallest absolute Gasteiger partial charge is 0.338 e. The summed E-state index contributed by atoms with van der Waals surface area (Å²) in [6, 6.07) is 7.26. The number of nitrogens with zero attached hydrogens (tertiary/aromatic N) is 1.